The maximum absolute atomic E-state index is 13.4. The Morgan fingerprint density at radius 3 is 2.17 bits per heavy atom. The van der Waals surface area contributed by atoms with E-state index >= 15 is 0 Å². The number of sulfonamides is 1. The SMILES string of the molecule is CC(C)(CCCOc1ccc(F)c(C(F)(F)F)c1)C(=O)N1CCN(S(=O)(=O)c2ccc(F)cc2)CC1. The Bertz CT molecular complexity index is 1180. The molecule has 1 amide bonds. The predicted molar refractivity (Wildman–Crippen MR) is 122 cm³/mol. The lowest BCUT2D eigenvalue weighted by molar-refractivity contribution is -0.142. The van der Waals surface area contributed by atoms with Crippen LogP contribution in [-0.2, 0) is 21.0 Å². The van der Waals surface area contributed by atoms with Gasteiger partial charge >= 0.3 is 6.18 Å². The van der Waals surface area contributed by atoms with E-state index in [1.807, 2.05) is 0 Å². The van der Waals surface area contributed by atoms with E-state index in [-0.39, 0.29) is 49.3 Å². The van der Waals surface area contributed by atoms with Gasteiger partial charge in [-0.25, -0.2) is 17.2 Å². The Balaban J connectivity index is 1.50. The van der Waals surface area contributed by atoms with Gasteiger partial charge in [-0.2, -0.15) is 17.5 Å². The lowest BCUT2D eigenvalue weighted by Gasteiger charge is -2.38. The summed E-state index contributed by atoms with van der Waals surface area (Å²) in [6.45, 7) is 4.06. The van der Waals surface area contributed by atoms with Crippen molar-refractivity contribution in [1.29, 1.82) is 0 Å². The van der Waals surface area contributed by atoms with E-state index in [4.69, 9.17) is 4.74 Å². The van der Waals surface area contributed by atoms with Gasteiger partial charge in [0.15, 0.2) is 0 Å². The van der Waals surface area contributed by atoms with Crippen LogP contribution in [0.3, 0.4) is 0 Å². The number of nitrogens with zero attached hydrogens (tertiary/aromatic N) is 2. The Morgan fingerprint density at radius 1 is 0.972 bits per heavy atom. The molecule has 1 aliphatic rings. The zero-order valence-electron chi connectivity index (χ0n) is 19.8. The van der Waals surface area contributed by atoms with Gasteiger partial charge in [-0.3, -0.25) is 4.79 Å². The van der Waals surface area contributed by atoms with Crippen molar-refractivity contribution in [3.05, 3.63) is 59.7 Å². The average molecular weight is 535 g/mol. The third kappa shape index (κ3) is 6.52. The van der Waals surface area contributed by atoms with Gasteiger partial charge in [0.2, 0.25) is 15.9 Å². The van der Waals surface area contributed by atoms with Crippen molar-refractivity contribution in [2.45, 2.75) is 37.8 Å². The fourth-order valence-corrected chi connectivity index (χ4v) is 5.36. The molecule has 1 fully saturated rings. The second-order valence-electron chi connectivity index (χ2n) is 9.13. The first kappa shape index (κ1) is 27.9. The topological polar surface area (TPSA) is 66.9 Å². The molecular weight excluding hydrogens is 507 g/mol. The number of ether oxygens (including phenoxy) is 1. The number of halogens is 5. The molecule has 0 radical (unpaired) electrons. The largest absolute Gasteiger partial charge is 0.494 e. The zero-order chi connectivity index (χ0) is 26.7. The first-order valence-electron chi connectivity index (χ1n) is 11.3. The monoisotopic (exact) mass is 534 g/mol. The van der Waals surface area contributed by atoms with Crippen LogP contribution in [0, 0.1) is 17.0 Å². The van der Waals surface area contributed by atoms with Crippen molar-refractivity contribution in [2.75, 3.05) is 32.8 Å². The maximum Gasteiger partial charge on any atom is 0.419 e. The van der Waals surface area contributed by atoms with Gasteiger partial charge < -0.3 is 9.64 Å². The average Bonchev–Trinajstić information content (AvgIpc) is 2.82. The lowest BCUT2D eigenvalue weighted by atomic mass is 9.86. The smallest absolute Gasteiger partial charge is 0.419 e. The van der Waals surface area contributed by atoms with Gasteiger partial charge in [-0.1, -0.05) is 13.8 Å². The highest BCUT2D eigenvalue weighted by molar-refractivity contribution is 7.89. The maximum atomic E-state index is 13.4. The number of rotatable bonds is 8. The summed E-state index contributed by atoms with van der Waals surface area (Å²) >= 11 is 0. The molecule has 12 heteroatoms. The van der Waals surface area contributed by atoms with Crippen LogP contribution in [0.4, 0.5) is 22.0 Å². The summed E-state index contributed by atoms with van der Waals surface area (Å²) in [5.41, 5.74) is -2.22. The predicted octanol–water partition coefficient (Wildman–Crippen LogP) is 4.70. The summed E-state index contributed by atoms with van der Waals surface area (Å²) in [5.74, 6) is -2.22. The summed E-state index contributed by atoms with van der Waals surface area (Å²) in [5, 5.41) is 0. The standard InChI is InChI=1S/C24H27F5N2O4S/c1-23(2,10-3-15-35-18-6-9-21(26)20(16-18)24(27,28)29)22(32)30-11-13-31(14-12-30)36(33,34)19-7-4-17(25)5-8-19/h4-9,16H,3,10-15H2,1-2H3. The van der Waals surface area contributed by atoms with E-state index in [9.17, 15) is 35.2 Å². The van der Waals surface area contributed by atoms with E-state index in [2.05, 4.69) is 0 Å². The number of hydrogen-bond acceptors (Lipinski definition) is 4. The highest BCUT2D eigenvalue weighted by Gasteiger charge is 2.36. The van der Waals surface area contributed by atoms with Gasteiger partial charge in [-0.05, 0) is 55.3 Å². The van der Waals surface area contributed by atoms with Crippen LogP contribution in [0.1, 0.15) is 32.3 Å². The van der Waals surface area contributed by atoms with Gasteiger partial charge in [-0.15, -0.1) is 0 Å². The Hall–Kier alpha value is -2.73. The van der Waals surface area contributed by atoms with Gasteiger partial charge in [0.05, 0.1) is 17.1 Å². The fraction of sp³-hybridized carbons (Fsp3) is 0.458. The number of carbonyl (C=O) groups is 1. The second-order valence-corrected chi connectivity index (χ2v) is 11.1. The van der Waals surface area contributed by atoms with Crippen molar-refractivity contribution in [3.63, 3.8) is 0 Å². The number of piperazine rings is 1. The first-order valence-corrected chi connectivity index (χ1v) is 12.7. The number of carbonyl (C=O) groups excluding carboxylic acids is 1. The van der Waals surface area contributed by atoms with Crippen LogP contribution in [0.25, 0.3) is 0 Å². The van der Waals surface area contributed by atoms with Crippen molar-refractivity contribution >= 4 is 15.9 Å². The fourth-order valence-electron chi connectivity index (χ4n) is 3.94. The second kappa shape index (κ2) is 10.7. The van der Waals surface area contributed by atoms with Crippen LogP contribution in [0.5, 0.6) is 5.75 Å². The molecule has 0 atom stereocenters. The molecule has 0 unspecified atom stereocenters. The van der Waals surface area contributed by atoms with E-state index in [0.717, 1.165) is 18.2 Å². The number of benzene rings is 2. The first-order chi connectivity index (χ1) is 16.7. The molecule has 2 aromatic rings. The molecule has 0 N–H and O–H groups in total. The minimum atomic E-state index is -4.83. The molecule has 2 aromatic carbocycles. The van der Waals surface area contributed by atoms with Crippen molar-refractivity contribution in [3.8, 4) is 5.75 Å². The quantitative estimate of drug-likeness (QED) is 0.364. The summed E-state index contributed by atoms with van der Waals surface area (Å²) < 4.78 is 97.2. The van der Waals surface area contributed by atoms with Crippen molar-refractivity contribution in [1.82, 2.24) is 9.21 Å². The van der Waals surface area contributed by atoms with Crippen LogP contribution in [0.15, 0.2) is 47.4 Å². The van der Waals surface area contributed by atoms with Crippen LogP contribution in [-0.4, -0.2) is 56.3 Å². The summed E-state index contributed by atoms with van der Waals surface area (Å²) in [6.07, 6.45) is -4.11. The van der Waals surface area contributed by atoms with Crippen molar-refractivity contribution in [2.24, 2.45) is 5.41 Å². The lowest BCUT2D eigenvalue weighted by Crippen LogP contribution is -2.53. The molecule has 3 rings (SSSR count). The molecule has 0 saturated carbocycles. The molecule has 0 spiro atoms. The van der Waals surface area contributed by atoms with E-state index in [0.29, 0.717) is 25.0 Å². The zero-order valence-corrected chi connectivity index (χ0v) is 20.6. The van der Waals surface area contributed by atoms with Gasteiger partial charge in [0, 0.05) is 31.6 Å². The molecule has 0 bridgehead atoms. The van der Waals surface area contributed by atoms with Crippen molar-refractivity contribution < 1.29 is 39.9 Å². The normalized spacial score (nSPS) is 15.7. The van der Waals surface area contributed by atoms with Crippen LogP contribution in [0.2, 0.25) is 0 Å². The van der Waals surface area contributed by atoms with Gasteiger partial charge in [0.25, 0.3) is 0 Å². The Kier molecular flexibility index (Phi) is 8.29. The van der Waals surface area contributed by atoms with Gasteiger partial charge in [0.1, 0.15) is 17.4 Å². The molecule has 0 aliphatic carbocycles. The van der Waals surface area contributed by atoms with E-state index < -0.39 is 38.8 Å². The van der Waals surface area contributed by atoms with Crippen LogP contribution < -0.4 is 4.74 Å². The summed E-state index contributed by atoms with van der Waals surface area (Å²) in [7, 11) is -3.80. The highest BCUT2D eigenvalue weighted by Crippen LogP contribution is 2.34. The molecule has 1 aliphatic heterocycles. The van der Waals surface area contributed by atoms with Crippen LogP contribution >= 0.6 is 0 Å². The van der Waals surface area contributed by atoms with E-state index in [1.165, 1.54) is 16.4 Å². The molecule has 1 heterocycles. The molecular formula is C24H27F5N2O4S. The summed E-state index contributed by atoms with van der Waals surface area (Å²) in [4.78, 5) is 14.6. The molecule has 6 nitrogen and oxygen atoms in total. The Labute approximate surface area is 206 Å². The van der Waals surface area contributed by atoms with E-state index in [1.54, 1.807) is 18.7 Å². The number of hydrogen-bond donors (Lipinski definition) is 0. The minimum Gasteiger partial charge on any atom is -0.494 e. The number of alkyl halides is 3. The third-order valence-electron chi connectivity index (χ3n) is 6.01. The highest BCUT2D eigenvalue weighted by atomic mass is 32.2. The minimum absolute atomic E-state index is 0.0208. The number of amides is 1. The third-order valence-corrected chi connectivity index (χ3v) is 7.93. The molecule has 0 aromatic heterocycles. The summed E-state index contributed by atoms with van der Waals surface area (Å²) in [6, 6.07) is 6.95. The molecule has 36 heavy (non-hydrogen) atoms. The molecule has 1 saturated heterocycles. The molecule has 198 valence electrons. The Morgan fingerprint density at radius 2 is 1.58 bits per heavy atom.